The van der Waals surface area contributed by atoms with Gasteiger partial charge >= 0.3 is 11.9 Å². The van der Waals surface area contributed by atoms with E-state index in [1.54, 1.807) is 6.92 Å². The van der Waals surface area contributed by atoms with Crippen molar-refractivity contribution in [2.24, 2.45) is 16.7 Å². The fraction of sp³-hybridized carbons (Fsp3) is 0.867. The van der Waals surface area contributed by atoms with Crippen LogP contribution < -0.4 is 0 Å². The van der Waals surface area contributed by atoms with Gasteiger partial charge in [-0.3, -0.25) is 0 Å². The molecule has 122 valence electrons. The van der Waals surface area contributed by atoms with Crippen molar-refractivity contribution in [3.63, 3.8) is 0 Å². The predicted octanol–water partition coefficient (Wildman–Crippen LogP) is -0.882. The summed E-state index contributed by atoms with van der Waals surface area (Å²) in [4.78, 5) is 24.3. The smallest absolute Gasteiger partial charge is 0.342 e. The lowest BCUT2D eigenvalue weighted by atomic mass is 9.44. The highest BCUT2D eigenvalue weighted by atomic mass is 16.6. The molecule has 0 amide bonds. The first-order valence-corrected chi connectivity index (χ1v) is 7.66. The van der Waals surface area contributed by atoms with Gasteiger partial charge in [0.1, 0.15) is 12.7 Å². The van der Waals surface area contributed by atoms with Gasteiger partial charge in [0.15, 0.2) is 6.10 Å². The second kappa shape index (κ2) is 3.66. The molecule has 0 aromatic heterocycles. The third-order valence-electron chi connectivity index (χ3n) is 7.10. The van der Waals surface area contributed by atoms with E-state index in [4.69, 9.17) is 9.47 Å². The number of rotatable bonds is 0. The molecule has 7 nitrogen and oxygen atoms in total. The molecule has 1 unspecified atom stereocenters. The Morgan fingerprint density at radius 3 is 2.64 bits per heavy atom. The zero-order valence-electron chi connectivity index (χ0n) is 12.5. The molecule has 0 radical (unpaired) electrons. The lowest BCUT2D eigenvalue weighted by Gasteiger charge is -2.64. The van der Waals surface area contributed by atoms with E-state index in [0.717, 1.165) is 0 Å². The van der Waals surface area contributed by atoms with Crippen LogP contribution in [0.4, 0.5) is 0 Å². The molecule has 2 aliphatic heterocycles. The topological polar surface area (TPSA) is 113 Å². The maximum absolute atomic E-state index is 12.2. The van der Waals surface area contributed by atoms with E-state index in [1.807, 2.05) is 6.92 Å². The van der Waals surface area contributed by atoms with E-state index < -0.39 is 46.2 Å². The molecular formula is C15H20O7. The van der Waals surface area contributed by atoms with Gasteiger partial charge in [-0.1, -0.05) is 6.92 Å². The van der Waals surface area contributed by atoms with Crippen LogP contribution in [0.15, 0.2) is 0 Å². The highest BCUT2D eigenvalue weighted by Crippen LogP contribution is 2.71. The number of ether oxygens (including phenoxy) is 2. The van der Waals surface area contributed by atoms with Crippen LogP contribution in [0.5, 0.6) is 0 Å². The van der Waals surface area contributed by atoms with Crippen LogP contribution in [0.25, 0.3) is 0 Å². The van der Waals surface area contributed by atoms with Crippen molar-refractivity contribution >= 4 is 11.9 Å². The third kappa shape index (κ3) is 1.07. The number of hydrogen-bond acceptors (Lipinski definition) is 7. The van der Waals surface area contributed by atoms with Gasteiger partial charge in [-0.25, -0.2) is 9.59 Å². The minimum absolute atomic E-state index is 0.0543. The summed E-state index contributed by atoms with van der Waals surface area (Å²) in [5, 5.41) is 33.1. The Hall–Kier alpha value is -1.18. The van der Waals surface area contributed by atoms with Crippen molar-refractivity contribution in [1.29, 1.82) is 0 Å². The standard InChI is InChI=1S/C15H20O7/c1-7-3-4-14(19)12(2)6-21-11(18)15(12,20)8-5-13(7,14)9(16)10(17)22-8/h7-9,16,19-20H,3-6H2,1-2H3/t7-,8+,9+,12+,13?,14+,15-/m1/s1. The van der Waals surface area contributed by atoms with Crippen LogP contribution in [-0.2, 0) is 19.1 Å². The molecular weight excluding hydrogens is 292 g/mol. The Morgan fingerprint density at radius 1 is 1.27 bits per heavy atom. The summed E-state index contributed by atoms with van der Waals surface area (Å²) >= 11 is 0. The zero-order valence-corrected chi connectivity index (χ0v) is 12.5. The molecule has 7 heteroatoms. The van der Waals surface area contributed by atoms with Gasteiger partial charge in [0.2, 0.25) is 5.60 Å². The Labute approximate surface area is 127 Å². The molecule has 4 aliphatic rings. The van der Waals surface area contributed by atoms with Gasteiger partial charge in [0, 0.05) is 5.41 Å². The number of carbonyl (C=O) groups is 2. The highest BCUT2D eigenvalue weighted by molar-refractivity contribution is 5.87. The van der Waals surface area contributed by atoms with Crippen molar-refractivity contribution in [2.75, 3.05) is 6.61 Å². The maximum Gasteiger partial charge on any atom is 0.342 e. The molecule has 0 aromatic rings. The number of fused-ring (bicyclic) bond motifs is 4. The van der Waals surface area contributed by atoms with Gasteiger partial charge < -0.3 is 24.8 Å². The first-order valence-electron chi connectivity index (χ1n) is 7.66. The number of carbonyl (C=O) groups excluding carboxylic acids is 2. The molecule has 0 aromatic carbocycles. The van der Waals surface area contributed by atoms with Crippen molar-refractivity contribution in [3.8, 4) is 0 Å². The van der Waals surface area contributed by atoms with Crippen LogP contribution in [0.3, 0.4) is 0 Å². The molecule has 3 N–H and O–H groups in total. The molecule has 7 atom stereocenters. The number of aliphatic hydroxyl groups excluding tert-OH is 1. The largest absolute Gasteiger partial charge is 0.463 e. The second-order valence-electron chi connectivity index (χ2n) is 7.55. The van der Waals surface area contributed by atoms with Gasteiger partial charge in [0.05, 0.1) is 11.0 Å². The van der Waals surface area contributed by atoms with E-state index in [-0.39, 0.29) is 18.9 Å². The average molecular weight is 312 g/mol. The maximum atomic E-state index is 12.2. The van der Waals surface area contributed by atoms with Crippen molar-refractivity contribution in [1.82, 2.24) is 0 Å². The molecule has 4 fully saturated rings. The van der Waals surface area contributed by atoms with E-state index in [9.17, 15) is 24.9 Å². The second-order valence-corrected chi connectivity index (χ2v) is 7.55. The minimum Gasteiger partial charge on any atom is -0.463 e. The molecule has 2 heterocycles. The highest BCUT2D eigenvalue weighted by Gasteiger charge is 2.85. The Bertz CT molecular complexity index is 590. The molecule has 2 bridgehead atoms. The number of cyclic esters (lactones) is 1. The summed E-state index contributed by atoms with van der Waals surface area (Å²) in [6.07, 6.45) is -1.64. The minimum atomic E-state index is -2.08. The van der Waals surface area contributed by atoms with E-state index in [0.29, 0.717) is 12.8 Å². The van der Waals surface area contributed by atoms with Gasteiger partial charge in [0.25, 0.3) is 0 Å². The Morgan fingerprint density at radius 2 is 1.95 bits per heavy atom. The van der Waals surface area contributed by atoms with Crippen molar-refractivity contribution < 1.29 is 34.4 Å². The summed E-state index contributed by atoms with van der Waals surface area (Å²) in [6.45, 7) is 3.30. The van der Waals surface area contributed by atoms with Crippen LogP contribution in [0.1, 0.15) is 33.1 Å². The third-order valence-corrected chi connectivity index (χ3v) is 7.10. The summed E-state index contributed by atoms with van der Waals surface area (Å²) in [5.41, 5.74) is -6.10. The average Bonchev–Trinajstić information content (AvgIpc) is 2.87. The summed E-state index contributed by atoms with van der Waals surface area (Å²) < 4.78 is 10.2. The van der Waals surface area contributed by atoms with Crippen LogP contribution in [-0.4, -0.2) is 57.3 Å². The SMILES string of the molecule is C[C@@H]1CC[C@@]2(O)C13C[C@H](OC(=O)[C@@H]3O)[C@@]1(O)C(=O)OC[C@@]21C. The first kappa shape index (κ1) is 14.4. The fourth-order valence-electron chi connectivity index (χ4n) is 5.66. The fourth-order valence-corrected chi connectivity index (χ4v) is 5.66. The quantitative estimate of drug-likeness (QED) is 0.498. The zero-order chi connectivity index (χ0) is 16.1. The summed E-state index contributed by atoms with van der Waals surface area (Å²) in [5.74, 6) is -1.90. The number of hydrogen-bond donors (Lipinski definition) is 3. The Balaban J connectivity index is 2.01. The molecule has 22 heavy (non-hydrogen) atoms. The van der Waals surface area contributed by atoms with Gasteiger partial charge in [-0.15, -0.1) is 0 Å². The summed E-state index contributed by atoms with van der Waals surface area (Å²) in [6, 6.07) is 0. The molecule has 2 aliphatic carbocycles. The lowest BCUT2D eigenvalue weighted by molar-refractivity contribution is -0.320. The first-order chi connectivity index (χ1) is 10.1. The monoisotopic (exact) mass is 312 g/mol. The predicted molar refractivity (Wildman–Crippen MR) is 70.3 cm³/mol. The van der Waals surface area contributed by atoms with Gasteiger partial charge in [-0.05, 0) is 32.1 Å². The van der Waals surface area contributed by atoms with E-state index in [1.165, 1.54) is 0 Å². The van der Waals surface area contributed by atoms with Crippen molar-refractivity contribution in [3.05, 3.63) is 0 Å². The van der Waals surface area contributed by atoms with E-state index >= 15 is 0 Å². The normalized spacial score (nSPS) is 59.6. The van der Waals surface area contributed by atoms with Crippen molar-refractivity contribution in [2.45, 2.75) is 56.5 Å². The molecule has 1 spiro atoms. The number of esters is 2. The molecule has 4 rings (SSSR count). The molecule has 2 saturated carbocycles. The Kier molecular flexibility index (Phi) is 2.40. The lowest BCUT2D eigenvalue weighted by Crippen LogP contribution is -2.80. The van der Waals surface area contributed by atoms with Crippen LogP contribution in [0.2, 0.25) is 0 Å². The van der Waals surface area contributed by atoms with E-state index in [2.05, 4.69) is 0 Å². The van der Waals surface area contributed by atoms with Crippen LogP contribution in [0, 0.1) is 16.7 Å². The molecule has 2 saturated heterocycles. The number of aliphatic hydroxyl groups is 3. The van der Waals surface area contributed by atoms with Gasteiger partial charge in [-0.2, -0.15) is 0 Å². The van der Waals surface area contributed by atoms with Crippen LogP contribution >= 0.6 is 0 Å². The summed E-state index contributed by atoms with van der Waals surface area (Å²) in [7, 11) is 0.